The number of nitrogens with one attached hydrogen (secondary N) is 1. The molecule has 0 amide bonds. The summed E-state index contributed by atoms with van der Waals surface area (Å²) in [6.45, 7) is 1.65. The van der Waals surface area contributed by atoms with E-state index in [9.17, 15) is 4.39 Å². The molecule has 1 aliphatic heterocycles. The first-order chi connectivity index (χ1) is 8.69. The maximum absolute atomic E-state index is 13.1. The number of ether oxygens (including phenoxy) is 1. The van der Waals surface area contributed by atoms with Crippen LogP contribution in [-0.2, 0) is 11.2 Å². The van der Waals surface area contributed by atoms with Crippen molar-refractivity contribution in [2.24, 2.45) is 11.8 Å². The molecule has 100 valence electrons. The second-order valence-electron chi connectivity index (χ2n) is 4.78. The molecule has 1 aromatic carbocycles. The van der Waals surface area contributed by atoms with Crippen molar-refractivity contribution in [3.8, 4) is 0 Å². The highest BCUT2D eigenvalue weighted by Gasteiger charge is 2.20. The molecule has 2 unspecified atom stereocenters. The molecule has 3 N–H and O–H groups in total. The van der Waals surface area contributed by atoms with Gasteiger partial charge in [0.15, 0.2) is 0 Å². The molecule has 0 radical (unpaired) electrons. The SMILES string of the molecule is NNC(Cc1ccc(F)c(Cl)c1)CC1CCOC1. The van der Waals surface area contributed by atoms with E-state index in [0.29, 0.717) is 5.92 Å². The van der Waals surface area contributed by atoms with Gasteiger partial charge in [-0.15, -0.1) is 0 Å². The van der Waals surface area contributed by atoms with Gasteiger partial charge in [-0.05, 0) is 42.9 Å². The van der Waals surface area contributed by atoms with Gasteiger partial charge >= 0.3 is 0 Å². The fraction of sp³-hybridized carbons (Fsp3) is 0.538. The second-order valence-corrected chi connectivity index (χ2v) is 5.19. The Hall–Kier alpha value is -0.680. The lowest BCUT2D eigenvalue weighted by Crippen LogP contribution is -2.38. The summed E-state index contributed by atoms with van der Waals surface area (Å²) in [6.07, 6.45) is 2.79. The van der Waals surface area contributed by atoms with Crippen molar-refractivity contribution in [2.75, 3.05) is 13.2 Å². The molecule has 2 atom stereocenters. The van der Waals surface area contributed by atoms with Gasteiger partial charge < -0.3 is 4.74 Å². The Bertz CT molecular complexity index is 397. The van der Waals surface area contributed by atoms with Gasteiger partial charge in [0.1, 0.15) is 5.82 Å². The van der Waals surface area contributed by atoms with Crippen LogP contribution in [0.15, 0.2) is 18.2 Å². The van der Waals surface area contributed by atoms with Crippen LogP contribution in [0, 0.1) is 11.7 Å². The summed E-state index contributed by atoms with van der Waals surface area (Å²) in [5.74, 6) is 5.74. The van der Waals surface area contributed by atoms with Gasteiger partial charge in [-0.1, -0.05) is 17.7 Å². The van der Waals surface area contributed by atoms with E-state index < -0.39 is 0 Å². The quantitative estimate of drug-likeness (QED) is 0.639. The monoisotopic (exact) mass is 272 g/mol. The molecule has 1 fully saturated rings. The standard InChI is InChI=1S/C13H18ClFN2O/c14-12-7-9(1-2-13(12)15)5-11(17-16)6-10-3-4-18-8-10/h1-2,7,10-11,17H,3-6,8,16H2. The summed E-state index contributed by atoms with van der Waals surface area (Å²) in [5, 5.41) is 0.160. The zero-order valence-electron chi connectivity index (χ0n) is 10.2. The van der Waals surface area contributed by atoms with Crippen LogP contribution in [0.2, 0.25) is 5.02 Å². The maximum atomic E-state index is 13.1. The van der Waals surface area contributed by atoms with Gasteiger partial charge in [0.05, 0.1) is 5.02 Å². The molecule has 0 bridgehead atoms. The highest BCUT2D eigenvalue weighted by molar-refractivity contribution is 6.30. The Morgan fingerprint density at radius 2 is 2.39 bits per heavy atom. The Balaban J connectivity index is 1.94. The summed E-state index contributed by atoms with van der Waals surface area (Å²) in [5.41, 5.74) is 3.81. The minimum atomic E-state index is -0.387. The fourth-order valence-electron chi connectivity index (χ4n) is 2.33. The van der Waals surface area contributed by atoms with Crippen LogP contribution in [0.5, 0.6) is 0 Å². The number of nitrogens with two attached hydrogens (primary N) is 1. The first kappa shape index (κ1) is 13.7. The van der Waals surface area contributed by atoms with Crippen molar-refractivity contribution in [2.45, 2.75) is 25.3 Å². The molecule has 18 heavy (non-hydrogen) atoms. The zero-order chi connectivity index (χ0) is 13.0. The topological polar surface area (TPSA) is 47.3 Å². The summed E-state index contributed by atoms with van der Waals surface area (Å²) in [4.78, 5) is 0. The van der Waals surface area contributed by atoms with Crippen LogP contribution in [0.1, 0.15) is 18.4 Å². The Morgan fingerprint density at radius 1 is 1.56 bits per heavy atom. The molecular weight excluding hydrogens is 255 g/mol. The minimum Gasteiger partial charge on any atom is -0.381 e. The van der Waals surface area contributed by atoms with Crippen LogP contribution in [0.4, 0.5) is 4.39 Å². The van der Waals surface area contributed by atoms with Crippen LogP contribution in [0.3, 0.4) is 0 Å². The molecule has 2 rings (SSSR count). The molecule has 1 heterocycles. The fourth-order valence-corrected chi connectivity index (χ4v) is 2.54. The molecule has 0 saturated carbocycles. The molecule has 3 nitrogen and oxygen atoms in total. The van der Waals surface area contributed by atoms with Crippen molar-refractivity contribution >= 4 is 11.6 Å². The molecule has 5 heteroatoms. The number of hydrogen-bond donors (Lipinski definition) is 2. The van der Waals surface area contributed by atoms with Crippen molar-refractivity contribution in [3.05, 3.63) is 34.6 Å². The number of hydrazine groups is 1. The first-order valence-electron chi connectivity index (χ1n) is 6.17. The average molecular weight is 273 g/mol. The van der Waals surface area contributed by atoms with Crippen LogP contribution in [-0.4, -0.2) is 19.3 Å². The van der Waals surface area contributed by atoms with Crippen molar-refractivity contribution in [1.29, 1.82) is 0 Å². The maximum Gasteiger partial charge on any atom is 0.141 e. The van der Waals surface area contributed by atoms with E-state index in [0.717, 1.165) is 38.0 Å². The molecule has 0 aromatic heterocycles. The summed E-state index contributed by atoms with van der Waals surface area (Å²) < 4.78 is 18.4. The van der Waals surface area contributed by atoms with Crippen molar-refractivity contribution in [1.82, 2.24) is 5.43 Å². The third-order valence-corrected chi connectivity index (χ3v) is 3.63. The lowest BCUT2D eigenvalue weighted by molar-refractivity contribution is 0.181. The molecule has 1 aromatic rings. The number of rotatable bonds is 5. The van der Waals surface area contributed by atoms with E-state index in [1.54, 1.807) is 12.1 Å². The summed E-state index contributed by atoms with van der Waals surface area (Å²) in [6, 6.07) is 4.96. The van der Waals surface area contributed by atoms with Gasteiger partial charge in [0.2, 0.25) is 0 Å². The van der Waals surface area contributed by atoms with Gasteiger partial charge in [0, 0.05) is 19.3 Å². The number of benzene rings is 1. The average Bonchev–Trinajstić information content (AvgIpc) is 2.86. The zero-order valence-corrected chi connectivity index (χ0v) is 10.9. The van der Waals surface area contributed by atoms with E-state index in [-0.39, 0.29) is 16.9 Å². The smallest absolute Gasteiger partial charge is 0.141 e. The lowest BCUT2D eigenvalue weighted by Gasteiger charge is -2.19. The Morgan fingerprint density at radius 3 is 3.00 bits per heavy atom. The van der Waals surface area contributed by atoms with Crippen LogP contribution < -0.4 is 11.3 Å². The Kier molecular flexibility index (Phi) is 4.95. The predicted octanol–water partition coefficient (Wildman–Crippen LogP) is 2.28. The highest BCUT2D eigenvalue weighted by Crippen LogP contribution is 2.21. The van der Waals surface area contributed by atoms with Crippen LogP contribution >= 0.6 is 11.6 Å². The largest absolute Gasteiger partial charge is 0.381 e. The van der Waals surface area contributed by atoms with Gasteiger partial charge in [-0.2, -0.15) is 0 Å². The molecule has 1 saturated heterocycles. The second kappa shape index (κ2) is 6.48. The van der Waals surface area contributed by atoms with E-state index >= 15 is 0 Å². The Labute approximate surface area is 111 Å². The first-order valence-corrected chi connectivity index (χ1v) is 6.54. The van der Waals surface area contributed by atoms with E-state index in [1.807, 2.05) is 0 Å². The van der Waals surface area contributed by atoms with Gasteiger partial charge in [-0.3, -0.25) is 11.3 Å². The van der Waals surface area contributed by atoms with E-state index in [2.05, 4.69) is 5.43 Å². The van der Waals surface area contributed by atoms with Gasteiger partial charge in [0.25, 0.3) is 0 Å². The molecule has 1 aliphatic rings. The minimum absolute atomic E-state index is 0.160. The summed E-state index contributed by atoms with van der Waals surface area (Å²) in [7, 11) is 0. The van der Waals surface area contributed by atoms with Crippen LogP contribution in [0.25, 0.3) is 0 Å². The molecular formula is C13H18ClFN2O. The molecule has 0 spiro atoms. The van der Waals surface area contributed by atoms with E-state index in [4.69, 9.17) is 22.2 Å². The predicted molar refractivity (Wildman–Crippen MR) is 69.8 cm³/mol. The van der Waals surface area contributed by atoms with E-state index in [1.165, 1.54) is 6.07 Å². The third-order valence-electron chi connectivity index (χ3n) is 3.34. The summed E-state index contributed by atoms with van der Waals surface area (Å²) >= 11 is 5.76. The highest BCUT2D eigenvalue weighted by atomic mass is 35.5. The third kappa shape index (κ3) is 3.65. The normalized spacial score (nSPS) is 21.2. The number of hydrogen-bond acceptors (Lipinski definition) is 3. The molecule has 0 aliphatic carbocycles. The lowest BCUT2D eigenvalue weighted by atomic mass is 9.95. The number of halogens is 2. The van der Waals surface area contributed by atoms with Crippen molar-refractivity contribution in [3.63, 3.8) is 0 Å². The van der Waals surface area contributed by atoms with Gasteiger partial charge in [-0.25, -0.2) is 4.39 Å². The van der Waals surface area contributed by atoms with Crippen molar-refractivity contribution < 1.29 is 9.13 Å².